The van der Waals surface area contributed by atoms with Gasteiger partial charge in [-0.15, -0.1) is 0 Å². The van der Waals surface area contributed by atoms with Gasteiger partial charge in [-0.2, -0.15) is 0 Å². The molecule has 4 nitrogen and oxygen atoms in total. The average Bonchev–Trinajstić information content (AvgIpc) is 2.56. The normalized spacial score (nSPS) is 10.3. The summed E-state index contributed by atoms with van der Waals surface area (Å²) in [6.45, 7) is 6.95. The predicted molar refractivity (Wildman–Crippen MR) is 111 cm³/mol. The highest BCUT2D eigenvalue weighted by Gasteiger charge is 2.15. The third-order valence-electron chi connectivity index (χ3n) is 3.22. The van der Waals surface area contributed by atoms with E-state index in [0.717, 1.165) is 30.5 Å². The Morgan fingerprint density at radius 1 is 1.08 bits per heavy atom. The summed E-state index contributed by atoms with van der Waals surface area (Å²) in [5.41, 5.74) is 1.65. The van der Waals surface area contributed by atoms with E-state index in [9.17, 15) is 0 Å². The van der Waals surface area contributed by atoms with Crippen LogP contribution in [0, 0.1) is 6.92 Å². The summed E-state index contributed by atoms with van der Waals surface area (Å²) in [5, 5.41) is 4.71. The maximum Gasteiger partial charge on any atom is 0.156 e. The minimum absolute atomic E-state index is 0.141. The number of nitrogens with zero attached hydrogens (tertiary/aromatic N) is 1. The van der Waals surface area contributed by atoms with E-state index in [1.54, 1.807) is 6.07 Å². The van der Waals surface area contributed by atoms with Crippen molar-refractivity contribution in [2.75, 3.05) is 19.8 Å². The molecule has 0 bridgehead atoms. The Bertz CT molecular complexity index is 640. The SMILES string of the molecule is CC(C)=NOCCCCCOc1c(Cl)cc(OCC=C(Cl)Cl)c(C)c1Cl. The van der Waals surface area contributed by atoms with E-state index < -0.39 is 0 Å². The zero-order valence-corrected chi connectivity index (χ0v) is 18.1. The van der Waals surface area contributed by atoms with Crippen molar-refractivity contribution >= 4 is 52.1 Å². The number of benzene rings is 1. The van der Waals surface area contributed by atoms with Gasteiger partial charge in [0.25, 0.3) is 0 Å². The van der Waals surface area contributed by atoms with Crippen LogP contribution in [-0.2, 0) is 4.84 Å². The molecule has 0 aliphatic rings. The Kier molecular flexibility index (Phi) is 11.2. The summed E-state index contributed by atoms with van der Waals surface area (Å²) in [7, 11) is 0. The molecule has 0 radical (unpaired) electrons. The standard InChI is InChI=1S/C18H23Cl4NO3/c1-12(2)23-26-9-6-4-5-8-25-18-14(19)11-15(13(3)17(18)22)24-10-7-16(20)21/h7,11H,4-6,8-10H2,1-3H3. The number of ether oxygens (including phenoxy) is 2. The largest absolute Gasteiger partial charge is 0.490 e. The maximum absolute atomic E-state index is 6.36. The third kappa shape index (κ3) is 8.72. The van der Waals surface area contributed by atoms with Gasteiger partial charge >= 0.3 is 0 Å². The van der Waals surface area contributed by atoms with E-state index in [0.29, 0.717) is 34.8 Å². The Labute approximate surface area is 175 Å². The van der Waals surface area contributed by atoms with Gasteiger partial charge < -0.3 is 14.3 Å². The average molecular weight is 443 g/mol. The van der Waals surface area contributed by atoms with Crippen molar-refractivity contribution in [3.63, 3.8) is 0 Å². The second kappa shape index (κ2) is 12.6. The van der Waals surface area contributed by atoms with Crippen molar-refractivity contribution in [3.05, 3.63) is 32.2 Å². The van der Waals surface area contributed by atoms with Crippen molar-refractivity contribution in [1.82, 2.24) is 0 Å². The quantitative estimate of drug-likeness (QED) is 0.211. The first-order valence-electron chi connectivity index (χ1n) is 8.21. The molecule has 0 atom stereocenters. The van der Waals surface area contributed by atoms with E-state index in [-0.39, 0.29) is 11.1 Å². The van der Waals surface area contributed by atoms with Gasteiger partial charge in [0, 0.05) is 11.6 Å². The molecule has 0 spiro atoms. The Hall–Kier alpha value is -0.810. The fourth-order valence-corrected chi connectivity index (χ4v) is 2.62. The molecule has 0 aliphatic carbocycles. The van der Waals surface area contributed by atoms with Crippen LogP contribution in [0.1, 0.15) is 38.7 Å². The molecule has 0 saturated carbocycles. The van der Waals surface area contributed by atoms with Crippen LogP contribution in [0.15, 0.2) is 21.8 Å². The highest BCUT2D eigenvalue weighted by molar-refractivity contribution is 6.55. The fourth-order valence-electron chi connectivity index (χ4n) is 1.94. The smallest absolute Gasteiger partial charge is 0.156 e. The van der Waals surface area contributed by atoms with Crippen LogP contribution in [-0.4, -0.2) is 25.5 Å². The molecular weight excluding hydrogens is 420 g/mol. The molecule has 8 heteroatoms. The molecule has 0 aliphatic heterocycles. The lowest BCUT2D eigenvalue weighted by Gasteiger charge is -2.15. The summed E-state index contributed by atoms with van der Waals surface area (Å²) in [4.78, 5) is 5.14. The van der Waals surface area contributed by atoms with Gasteiger partial charge in [0.05, 0.1) is 22.4 Å². The van der Waals surface area contributed by atoms with Crippen LogP contribution < -0.4 is 9.47 Å². The minimum atomic E-state index is 0.141. The van der Waals surface area contributed by atoms with Crippen LogP contribution in [0.4, 0.5) is 0 Å². The van der Waals surface area contributed by atoms with Gasteiger partial charge in [-0.1, -0.05) is 51.6 Å². The number of unbranched alkanes of at least 4 members (excludes halogenated alkanes) is 2. The van der Waals surface area contributed by atoms with Crippen molar-refractivity contribution in [3.8, 4) is 11.5 Å². The van der Waals surface area contributed by atoms with Crippen molar-refractivity contribution < 1.29 is 14.3 Å². The Morgan fingerprint density at radius 2 is 1.77 bits per heavy atom. The van der Waals surface area contributed by atoms with E-state index in [1.807, 2.05) is 20.8 Å². The van der Waals surface area contributed by atoms with Crippen molar-refractivity contribution in [2.24, 2.45) is 5.16 Å². The lowest BCUT2D eigenvalue weighted by Crippen LogP contribution is -2.02. The van der Waals surface area contributed by atoms with Crippen molar-refractivity contribution in [1.29, 1.82) is 0 Å². The second-order valence-electron chi connectivity index (χ2n) is 5.71. The van der Waals surface area contributed by atoms with Gasteiger partial charge in [0.2, 0.25) is 0 Å². The van der Waals surface area contributed by atoms with E-state index in [2.05, 4.69) is 5.16 Å². The lowest BCUT2D eigenvalue weighted by molar-refractivity contribution is 0.138. The highest BCUT2D eigenvalue weighted by atomic mass is 35.5. The molecule has 0 amide bonds. The van der Waals surface area contributed by atoms with Crippen LogP contribution in [0.5, 0.6) is 11.5 Å². The lowest BCUT2D eigenvalue weighted by atomic mass is 10.2. The number of oxime groups is 1. The molecule has 0 heterocycles. The summed E-state index contributed by atoms with van der Waals surface area (Å²) in [6.07, 6.45) is 4.26. The van der Waals surface area contributed by atoms with Crippen LogP contribution >= 0.6 is 46.4 Å². The number of halogens is 4. The molecule has 0 unspecified atom stereocenters. The highest BCUT2D eigenvalue weighted by Crippen LogP contribution is 2.40. The molecule has 0 aromatic heterocycles. The Balaban J connectivity index is 2.48. The third-order valence-corrected chi connectivity index (χ3v) is 4.27. The zero-order valence-electron chi connectivity index (χ0n) is 15.1. The van der Waals surface area contributed by atoms with Gasteiger partial charge in [0.1, 0.15) is 23.5 Å². The molecule has 0 N–H and O–H groups in total. The first-order valence-corrected chi connectivity index (χ1v) is 9.72. The Morgan fingerprint density at radius 3 is 2.42 bits per heavy atom. The molecule has 1 aromatic rings. The fraction of sp³-hybridized carbons (Fsp3) is 0.500. The summed E-state index contributed by atoms with van der Waals surface area (Å²) >= 11 is 23.7. The van der Waals surface area contributed by atoms with Gasteiger partial charge in [0.15, 0.2) is 5.75 Å². The minimum Gasteiger partial charge on any atom is -0.490 e. The topological polar surface area (TPSA) is 40.0 Å². The van der Waals surface area contributed by atoms with Crippen LogP contribution in [0.2, 0.25) is 10.0 Å². The number of hydrogen-bond donors (Lipinski definition) is 0. The molecular formula is C18H23Cl4NO3. The molecule has 26 heavy (non-hydrogen) atoms. The van der Waals surface area contributed by atoms with Crippen LogP contribution in [0.25, 0.3) is 0 Å². The zero-order chi connectivity index (χ0) is 19.5. The van der Waals surface area contributed by atoms with E-state index in [4.69, 9.17) is 60.7 Å². The maximum atomic E-state index is 6.36. The second-order valence-corrected chi connectivity index (χ2v) is 7.50. The van der Waals surface area contributed by atoms with E-state index >= 15 is 0 Å². The molecule has 1 aromatic carbocycles. The van der Waals surface area contributed by atoms with Crippen LogP contribution in [0.3, 0.4) is 0 Å². The predicted octanol–water partition coefficient (Wildman–Crippen LogP) is 6.96. The van der Waals surface area contributed by atoms with Gasteiger partial charge in [-0.3, -0.25) is 0 Å². The van der Waals surface area contributed by atoms with Crippen molar-refractivity contribution in [2.45, 2.75) is 40.0 Å². The molecule has 1 rings (SSSR count). The first-order chi connectivity index (χ1) is 12.3. The molecule has 146 valence electrons. The summed E-state index contributed by atoms with van der Waals surface area (Å²) in [6, 6.07) is 1.67. The number of rotatable bonds is 11. The summed E-state index contributed by atoms with van der Waals surface area (Å²) in [5.74, 6) is 1.02. The van der Waals surface area contributed by atoms with E-state index in [1.165, 1.54) is 6.08 Å². The van der Waals surface area contributed by atoms with Gasteiger partial charge in [-0.25, -0.2) is 0 Å². The molecule has 0 saturated heterocycles. The molecule has 0 fully saturated rings. The number of hydrogen-bond acceptors (Lipinski definition) is 4. The summed E-state index contributed by atoms with van der Waals surface area (Å²) < 4.78 is 11.5. The monoisotopic (exact) mass is 441 g/mol. The van der Waals surface area contributed by atoms with Gasteiger partial charge in [-0.05, 0) is 46.1 Å². The first kappa shape index (κ1) is 23.2.